The molecule has 2 rings (SSSR count). The average Bonchev–Trinajstić information content (AvgIpc) is 2.59. The van der Waals surface area contributed by atoms with Crippen molar-refractivity contribution in [1.82, 2.24) is 4.37 Å². The first-order valence-corrected chi connectivity index (χ1v) is 5.22. The number of hydrogen-bond donors (Lipinski definition) is 0. The van der Waals surface area contributed by atoms with Crippen molar-refractivity contribution < 1.29 is 0 Å². The smallest absolute Gasteiger partial charge is 0.108 e. The molecule has 0 bridgehead atoms. The highest BCUT2D eigenvalue weighted by Gasteiger charge is 2.09. The third-order valence-electron chi connectivity index (χ3n) is 2.13. The minimum atomic E-state index is 0.380. The summed E-state index contributed by atoms with van der Waals surface area (Å²) in [6.45, 7) is 4.19. The standard InChI is InChI=1S/C10H10N2OS/c1-6(2)10-8-5-7(11-13)3-4-9(8)14-12-10/h3-6H,1-2H3. The van der Waals surface area contributed by atoms with Gasteiger partial charge in [0.15, 0.2) is 0 Å². The van der Waals surface area contributed by atoms with Gasteiger partial charge in [0.1, 0.15) is 5.69 Å². The summed E-state index contributed by atoms with van der Waals surface area (Å²) in [7, 11) is 0. The summed E-state index contributed by atoms with van der Waals surface area (Å²) in [6.07, 6.45) is 0. The van der Waals surface area contributed by atoms with Gasteiger partial charge in [-0.15, -0.1) is 4.91 Å². The van der Waals surface area contributed by atoms with Crippen LogP contribution >= 0.6 is 11.5 Å². The van der Waals surface area contributed by atoms with E-state index < -0.39 is 0 Å². The molecule has 0 fully saturated rings. The number of fused-ring (bicyclic) bond motifs is 1. The van der Waals surface area contributed by atoms with Crippen molar-refractivity contribution in [1.29, 1.82) is 0 Å². The number of nitroso groups, excluding NO2 is 1. The molecular weight excluding hydrogens is 196 g/mol. The molecule has 0 spiro atoms. The maximum Gasteiger partial charge on any atom is 0.108 e. The lowest BCUT2D eigenvalue weighted by atomic mass is 10.1. The lowest BCUT2D eigenvalue weighted by Crippen LogP contribution is -1.86. The highest BCUT2D eigenvalue weighted by Crippen LogP contribution is 2.30. The second-order valence-corrected chi connectivity index (χ2v) is 4.30. The molecule has 0 aliphatic rings. The maximum atomic E-state index is 10.4. The molecule has 0 aliphatic heterocycles. The minimum Gasteiger partial charge on any atom is -0.196 e. The Morgan fingerprint density at radius 3 is 2.86 bits per heavy atom. The van der Waals surface area contributed by atoms with E-state index in [4.69, 9.17) is 0 Å². The van der Waals surface area contributed by atoms with Gasteiger partial charge in [-0.2, -0.15) is 4.37 Å². The number of hydrogen-bond acceptors (Lipinski definition) is 4. The minimum absolute atomic E-state index is 0.380. The average molecular weight is 206 g/mol. The van der Waals surface area contributed by atoms with E-state index in [-0.39, 0.29) is 0 Å². The van der Waals surface area contributed by atoms with E-state index in [1.54, 1.807) is 12.1 Å². The van der Waals surface area contributed by atoms with Crippen LogP contribution in [0.4, 0.5) is 5.69 Å². The first-order valence-electron chi connectivity index (χ1n) is 4.45. The first kappa shape index (κ1) is 9.27. The molecule has 1 aromatic carbocycles. The lowest BCUT2D eigenvalue weighted by Gasteiger charge is -1.99. The largest absolute Gasteiger partial charge is 0.196 e. The summed E-state index contributed by atoms with van der Waals surface area (Å²) >= 11 is 1.47. The number of aromatic nitrogens is 1. The molecule has 14 heavy (non-hydrogen) atoms. The van der Waals surface area contributed by atoms with Gasteiger partial charge in [0, 0.05) is 5.39 Å². The molecule has 0 saturated carbocycles. The summed E-state index contributed by atoms with van der Waals surface area (Å²) in [6, 6.07) is 5.42. The first-order chi connectivity index (χ1) is 6.72. The van der Waals surface area contributed by atoms with Crippen LogP contribution in [0.3, 0.4) is 0 Å². The van der Waals surface area contributed by atoms with Crippen LogP contribution in [0.1, 0.15) is 25.5 Å². The SMILES string of the molecule is CC(C)c1nsc2ccc(N=O)cc12. The van der Waals surface area contributed by atoms with Crippen molar-refractivity contribution in [3.05, 3.63) is 28.8 Å². The summed E-state index contributed by atoms with van der Waals surface area (Å²) < 4.78 is 5.48. The Hall–Kier alpha value is -1.29. The third kappa shape index (κ3) is 1.42. The van der Waals surface area contributed by atoms with E-state index in [1.807, 2.05) is 6.07 Å². The molecule has 0 N–H and O–H groups in total. The summed E-state index contributed by atoms with van der Waals surface area (Å²) in [5, 5.41) is 3.99. The molecule has 4 heteroatoms. The van der Waals surface area contributed by atoms with Gasteiger partial charge in [0.25, 0.3) is 0 Å². The van der Waals surface area contributed by atoms with E-state index in [9.17, 15) is 4.91 Å². The predicted molar refractivity (Wildman–Crippen MR) is 59.2 cm³/mol. The Kier molecular flexibility index (Phi) is 2.29. The van der Waals surface area contributed by atoms with Crippen LogP contribution in [-0.4, -0.2) is 4.37 Å². The molecule has 1 aromatic heterocycles. The molecule has 3 nitrogen and oxygen atoms in total. The molecule has 0 aliphatic carbocycles. The quantitative estimate of drug-likeness (QED) is 0.701. The lowest BCUT2D eigenvalue weighted by molar-refractivity contribution is 0.850. The Morgan fingerprint density at radius 2 is 2.21 bits per heavy atom. The van der Waals surface area contributed by atoms with Crippen LogP contribution in [0.25, 0.3) is 10.1 Å². The molecule has 0 radical (unpaired) electrons. The molecule has 0 amide bonds. The van der Waals surface area contributed by atoms with Crippen molar-refractivity contribution in [3.8, 4) is 0 Å². The van der Waals surface area contributed by atoms with E-state index in [2.05, 4.69) is 23.4 Å². The fourth-order valence-corrected chi connectivity index (χ4v) is 2.32. The Bertz CT molecular complexity index is 476. The zero-order chi connectivity index (χ0) is 10.1. The molecule has 2 aromatic rings. The summed E-state index contributed by atoms with van der Waals surface area (Å²) in [5.41, 5.74) is 1.52. The molecular formula is C10H10N2OS. The van der Waals surface area contributed by atoms with E-state index in [0.717, 1.165) is 15.8 Å². The van der Waals surface area contributed by atoms with Crippen LogP contribution in [0.15, 0.2) is 23.4 Å². The Balaban J connectivity index is 2.69. The zero-order valence-electron chi connectivity index (χ0n) is 8.02. The van der Waals surface area contributed by atoms with Crippen LogP contribution in [0.5, 0.6) is 0 Å². The second-order valence-electron chi connectivity index (χ2n) is 3.49. The molecule has 1 heterocycles. The number of nitrogens with zero attached hydrogens (tertiary/aromatic N) is 2. The predicted octanol–water partition coefficient (Wildman–Crippen LogP) is 3.82. The summed E-state index contributed by atoms with van der Waals surface area (Å²) in [5.74, 6) is 0.380. The van der Waals surface area contributed by atoms with Gasteiger partial charge in [-0.3, -0.25) is 0 Å². The van der Waals surface area contributed by atoms with Gasteiger partial charge in [-0.05, 0) is 40.8 Å². The van der Waals surface area contributed by atoms with E-state index in [1.165, 1.54) is 11.5 Å². The van der Waals surface area contributed by atoms with Gasteiger partial charge in [-0.25, -0.2) is 0 Å². The van der Waals surface area contributed by atoms with Crippen LogP contribution in [0.2, 0.25) is 0 Å². The van der Waals surface area contributed by atoms with E-state index >= 15 is 0 Å². The van der Waals surface area contributed by atoms with E-state index in [0.29, 0.717) is 11.6 Å². The third-order valence-corrected chi connectivity index (χ3v) is 2.97. The highest BCUT2D eigenvalue weighted by atomic mass is 32.1. The topological polar surface area (TPSA) is 42.3 Å². The Morgan fingerprint density at radius 1 is 1.43 bits per heavy atom. The van der Waals surface area contributed by atoms with Crippen LogP contribution in [0, 0.1) is 4.91 Å². The van der Waals surface area contributed by atoms with Gasteiger partial charge in [-0.1, -0.05) is 13.8 Å². The van der Waals surface area contributed by atoms with Gasteiger partial charge >= 0.3 is 0 Å². The van der Waals surface area contributed by atoms with Crippen molar-refractivity contribution >= 4 is 27.3 Å². The monoisotopic (exact) mass is 206 g/mol. The molecule has 0 saturated heterocycles. The van der Waals surface area contributed by atoms with Crippen LogP contribution in [-0.2, 0) is 0 Å². The molecule has 0 unspecified atom stereocenters. The van der Waals surface area contributed by atoms with Crippen molar-refractivity contribution in [2.24, 2.45) is 5.18 Å². The maximum absolute atomic E-state index is 10.4. The fraction of sp³-hybridized carbons (Fsp3) is 0.300. The van der Waals surface area contributed by atoms with Gasteiger partial charge in [0.05, 0.1) is 10.4 Å². The van der Waals surface area contributed by atoms with Gasteiger partial charge < -0.3 is 0 Å². The normalized spacial score (nSPS) is 11.1. The molecule has 0 atom stereocenters. The molecule has 72 valence electrons. The number of benzene rings is 1. The highest BCUT2D eigenvalue weighted by molar-refractivity contribution is 7.13. The van der Waals surface area contributed by atoms with Crippen molar-refractivity contribution in [2.45, 2.75) is 19.8 Å². The second kappa shape index (κ2) is 3.46. The van der Waals surface area contributed by atoms with Crippen molar-refractivity contribution in [2.75, 3.05) is 0 Å². The fourth-order valence-electron chi connectivity index (χ4n) is 1.42. The zero-order valence-corrected chi connectivity index (χ0v) is 8.84. The summed E-state index contributed by atoms with van der Waals surface area (Å²) in [4.78, 5) is 10.4. The Labute approximate surface area is 85.9 Å². The van der Waals surface area contributed by atoms with Crippen LogP contribution < -0.4 is 0 Å². The van der Waals surface area contributed by atoms with Crippen molar-refractivity contribution in [3.63, 3.8) is 0 Å². The number of rotatable bonds is 2. The van der Waals surface area contributed by atoms with Gasteiger partial charge in [0.2, 0.25) is 0 Å².